The molecule has 3 heterocycles. The standard InChI is InChI=1S/C23H22O9/c1-28-10-29-12-4-2-11(3-5-12)16-7-15(25)13-6-14-18(8-17(13)30-16)31-23-21(27)20(26)19(9-24)32-22(14)23/h2-8,19-24,26-27H,9-10H2,1H3/t19-,20-,21+,22+,23-/m1/s1. The molecular formula is C23H22O9. The van der Waals surface area contributed by atoms with Crippen LogP contribution in [0.5, 0.6) is 11.5 Å². The van der Waals surface area contributed by atoms with Gasteiger partial charge in [-0.3, -0.25) is 4.79 Å². The van der Waals surface area contributed by atoms with Gasteiger partial charge in [-0.15, -0.1) is 0 Å². The zero-order chi connectivity index (χ0) is 22.4. The van der Waals surface area contributed by atoms with Gasteiger partial charge in [-0.1, -0.05) is 0 Å². The second-order valence-corrected chi connectivity index (χ2v) is 7.78. The second-order valence-electron chi connectivity index (χ2n) is 7.78. The van der Waals surface area contributed by atoms with Crippen molar-refractivity contribution < 1.29 is 38.7 Å². The molecule has 0 radical (unpaired) electrons. The van der Waals surface area contributed by atoms with Crippen molar-refractivity contribution in [2.75, 3.05) is 20.5 Å². The van der Waals surface area contributed by atoms with Crippen LogP contribution < -0.4 is 14.9 Å². The maximum absolute atomic E-state index is 12.9. The van der Waals surface area contributed by atoms with Crippen molar-refractivity contribution in [3.8, 4) is 22.8 Å². The summed E-state index contributed by atoms with van der Waals surface area (Å²) in [6, 6.07) is 11.6. The third kappa shape index (κ3) is 3.44. The van der Waals surface area contributed by atoms with E-state index in [4.69, 9.17) is 23.4 Å². The fraction of sp³-hybridized carbons (Fsp3) is 0.348. The minimum absolute atomic E-state index is 0.131. The van der Waals surface area contributed by atoms with Crippen LogP contribution in [0.3, 0.4) is 0 Å². The van der Waals surface area contributed by atoms with E-state index in [-0.39, 0.29) is 12.2 Å². The minimum Gasteiger partial charge on any atom is -0.484 e. The number of fused-ring (bicyclic) bond motifs is 4. The van der Waals surface area contributed by atoms with Gasteiger partial charge in [-0.2, -0.15) is 0 Å². The summed E-state index contributed by atoms with van der Waals surface area (Å²) < 4.78 is 27.8. The SMILES string of the molecule is COCOc1ccc(-c2cc(=O)c3cc4c(cc3o2)O[C@@H]2[C@@H](O)[C@H](O)[C@@H](CO)O[C@@H]42)cc1. The smallest absolute Gasteiger partial charge is 0.193 e. The highest BCUT2D eigenvalue weighted by Crippen LogP contribution is 2.46. The highest BCUT2D eigenvalue weighted by atomic mass is 16.7. The fourth-order valence-corrected chi connectivity index (χ4v) is 4.13. The zero-order valence-electron chi connectivity index (χ0n) is 17.1. The summed E-state index contributed by atoms with van der Waals surface area (Å²) in [6.07, 6.45) is -5.06. The molecule has 5 atom stereocenters. The third-order valence-corrected chi connectivity index (χ3v) is 5.78. The van der Waals surface area contributed by atoms with E-state index in [9.17, 15) is 20.1 Å². The Morgan fingerprint density at radius 1 is 1.06 bits per heavy atom. The molecule has 2 aliphatic rings. The van der Waals surface area contributed by atoms with Crippen molar-refractivity contribution >= 4 is 11.0 Å². The van der Waals surface area contributed by atoms with Crippen LogP contribution in [0.25, 0.3) is 22.3 Å². The van der Waals surface area contributed by atoms with Crippen molar-refractivity contribution in [1.29, 1.82) is 0 Å². The molecule has 0 amide bonds. The van der Waals surface area contributed by atoms with Crippen molar-refractivity contribution in [1.82, 2.24) is 0 Å². The van der Waals surface area contributed by atoms with Gasteiger partial charge in [0.2, 0.25) is 0 Å². The van der Waals surface area contributed by atoms with Crippen molar-refractivity contribution in [2.45, 2.75) is 30.5 Å². The molecule has 0 aliphatic carbocycles. The van der Waals surface area contributed by atoms with E-state index in [1.54, 1.807) is 36.4 Å². The van der Waals surface area contributed by atoms with Crippen LogP contribution in [-0.2, 0) is 9.47 Å². The summed E-state index contributed by atoms with van der Waals surface area (Å²) in [5, 5.41) is 30.3. The van der Waals surface area contributed by atoms with Gasteiger partial charge in [0.25, 0.3) is 0 Å². The lowest BCUT2D eigenvalue weighted by Crippen LogP contribution is -2.55. The molecule has 3 N–H and O–H groups in total. The number of aliphatic hydroxyl groups excluding tert-OH is 3. The number of hydrogen-bond acceptors (Lipinski definition) is 9. The molecule has 0 spiro atoms. The van der Waals surface area contributed by atoms with Crippen LogP contribution in [-0.4, -0.2) is 60.2 Å². The summed E-state index contributed by atoms with van der Waals surface area (Å²) >= 11 is 0. The fourth-order valence-electron chi connectivity index (χ4n) is 4.13. The molecule has 1 fully saturated rings. The molecule has 9 heteroatoms. The maximum atomic E-state index is 12.9. The van der Waals surface area contributed by atoms with Crippen LogP contribution in [0.1, 0.15) is 11.7 Å². The topological polar surface area (TPSA) is 128 Å². The average molecular weight is 442 g/mol. The first kappa shape index (κ1) is 20.9. The van der Waals surface area contributed by atoms with Crippen LogP contribution in [0.4, 0.5) is 0 Å². The average Bonchev–Trinajstić information content (AvgIpc) is 3.16. The summed E-state index contributed by atoms with van der Waals surface area (Å²) in [5.74, 6) is 1.39. The molecule has 5 rings (SSSR count). The molecule has 0 saturated carbocycles. The first-order valence-electron chi connectivity index (χ1n) is 10.1. The number of hydrogen-bond donors (Lipinski definition) is 3. The monoisotopic (exact) mass is 442 g/mol. The lowest BCUT2D eigenvalue weighted by molar-refractivity contribution is -0.215. The van der Waals surface area contributed by atoms with Gasteiger partial charge in [-0.05, 0) is 30.3 Å². The van der Waals surface area contributed by atoms with Crippen molar-refractivity contribution in [3.05, 3.63) is 58.3 Å². The van der Waals surface area contributed by atoms with E-state index in [0.717, 1.165) is 0 Å². The van der Waals surface area contributed by atoms with E-state index in [1.165, 1.54) is 13.2 Å². The van der Waals surface area contributed by atoms with Gasteiger partial charge in [0.15, 0.2) is 18.3 Å². The Morgan fingerprint density at radius 3 is 2.56 bits per heavy atom. The molecule has 9 nitrogen and oxygen atoms in total. The van der Waals surface area contributed by atoms with E-state index in [1.807, 2.05) is 0 Å². The molecule has 2 aromatic carbocycles. The van der Waals surface area contributed by atoms with Gasteiger partial charge < -0.3 is 38.7 Å². The summed E-state index contributed by atoms with van der Waals surface area (Å²) in [6.45, 7) is -0.322. The highest BCUT2D eigenvalue weighted by Gasteiger charge is 2.50. The molecule has 0 unspecified atom stereocenters. The first-order chi connectivity index (χ1) is 15.5. The second kappa shape index (κ2) is 8.19. The molecule has 168 valence electrons. The van der Waals surface area contributed by atoms with Crippen LogP contribution in [0, 0.1) is 0 Å². The summed E-state index contributed by atoms with van der Waals surface area (Å²) in [4.78, 5) is 12.9. The Hall–Kier alpha value is -2.95. The van der Waals surface area contributed by atoms with Gasteiger partial charge in [0.05, 0.1) is 12.0 Å². The van der Waals surface area contributed by atoms with Crippen LogP contribution in [0.2, 0.25) is 0 Å². The Labute approximate surface area is 182 Å². The lowest BCUT2D eigenvalue weighted by Gasteiger charge is -2.38. The predicted octanol–water partition coefficient (Wildman–Crippen LogP) is 1.36. The largest absolute Gasteiger partial charge is 0.484 e. The predicted molar refractivity (Wildman–Crippen MR) is 112 cm³/mol. The van der Waals surface area contributed by atoms with Gasteiger partial charge in [-0.25, -0.2) is 0 Å². The molecule has 32 heavy (non-hydrogen) atoms. The Kier molecular flexibility index (Phi) is 5.36. The van der Waals surface area contributed by atoms with E-state index < -0.39 is 37.1 Å². The zero-order valence-corrected chi connectivity index (χ0v) is 17.1. The van der Waals surface area contributed by atoms with E-state index >= 15 is 0 Å². The molecule has 1 aromatic heterocycles. The van der Waals surface area contributed by atoms with Crippen molar-refractivity contribution in [2.24, 2.45) is 0 Å². The molecule has 2 aliphatic heterocycles. The Morgan fingerprint density at radius 2 is 1.84 bits per heavy atom. The van der Waals surface area contributed by atoms with E-state index in [0.29, 0.717) is 39.4 Å². The molecule has 1 saturated heterocycles. The highest BCUT2D eigenvalue weighted by molar-refractivity contribution is 5.82. The number of ether oxygens (including phenoxy) is 4. The molecular weight excluding hydrogens is 420 g/mol. The first-order valence-corrected chi connectivity index (χ1v) is 10.1. The quantitative estimate of drug-likeness (QED) is 0.502. The van der Waals surface area contributed by atoms with Gasteiger partial charge in [0, 0.05) is 30.4 Å². The van der Waals surface area contributed by atoms with Crippen LogP contribution >= 0.6 is 0 Å². The van der Waals surface area contributed by atoms with E-state index in [2.05, 4.69) is 0 Å². The number of rotatable bonds is 5. The number of benzene rings is 2. The normalized spacial score (nSPS) is 26.4. The summed E-state index contributed by atoms with van der Waals surface area (Å²) in [5.41, 5.74) is 1.32. The van der Waals surface area contributed by atoms with Crippen LogP contribution in [0.15, 0.2) is 51.7 Å². The number of methoxy groups -OCH3 is 1. The Bertz CT molecular complexity index is 1190. The van der Waals surface area contributed by atoms with Crippen molar-refractivity contribution in [3.63, 3.8) is 0 Å². The minimum atomic E-state index is -1.29. The summed E-state index contributed by atoms with van der Waals surface area (Å²) in [7, 11) is 1.54. The Balaban J connectivity index is 1.51. The molecule has 3 aromatic rings. The third-order valence-electron chi connectivity index (χ3n) is 5.78. The maximum Gasteiger partial charge on any atom is 0.193 e. The molecule has 0 bridgehead atoms. The van der Waals surface area contributed by atoms with Gasteiger partial charge in [0.1, 0.15) is 47.3 Å². The van der Waals surface area contributed by atoms with Gasteiger partial charge >= 0.3 is 0 Å². The number of aliphatic hydroxyl groups is 3. The lowest BCUT2D eigenvalue weighted by atomic mass is 9.92.